The largest absolute Gasteiger partial charge is 0.477 e. The second-order valence-corrected chi connectivity index (χ2v) is 3.65. The molecule has 0 saturated heterocycles. The number of anilines is 1. The van der Waals surface area contributed by atoms with Crippen molar-refractivity contribution < 1.29 is 9.90 Å². The monoisotopic (exact) mass is 216 g/mol. The molecule has 1 aromatic carbocycles. The van der Waals surface area contributed by atoms with Gasteiger partial charge in [-0.3, -0.25) is 0 Å². The van der Waals surface area contributed by atoms with Gasteiger partial charge in [0, 0.05) is 24.5 Å². The van der Waals surface area contributed by atoms with E-state index in [0.717, 1.165) is 11.1 Å². The lowest BCUT2D eigenvalue weighted by atomic mass is 10.1. The number of aromatic carboxylic acids is 1. The molecule has 2 aromatic rings. The fourth-order valence-electron chi connectivity index (χ4n) is 1.61. The summed E-state index contributed by atoms with van der Waals surface area (Å²) in [7, 11) is 1.71. The molecule has 16 heavy (non-hydrogen) atoms. The standard InChI is InChI=1S/C12H12N2O2/c1-14-7-9(6-11(14)12(15)16)8-2-4-10(13)5-3-8/h2-7H,13H2,1H3,(H,15,16). The van der Waals surface area contributed by atoms with Crippen LogP contribution >= 0.6 is 0 Å². The van der Waals surface area contributed by atoms with Gasteiger partial charge in [0.05, 0.1) is 0 Å². The third kappa shape index (κ3) is 1.77. The number of hydrogen-bond acceptors (Lipinski definition) is 2. The number of carboxylic acid groups (broad SMARTS) is 1. The second kappa shape index (κ2) is 3.73. The Kier molecular flexibility index (Phi) is 2.40. The van der Waals surface area contributed by atoms with Gasteiger partial charge in [0.25, 0.3) is 0 Å². The van der Waals surface area contributed by atoms with Crippen LogP contribution in [-0.4, -0.2) is 15.6 Å². The normalized spacial score (nSPS) is 10.3. The summed E-state index contributed by atoms with van der Waals surface area (Å²) in [6, 6.07) is 8.98. The summed E-state index contributed by atoms with van der Waals surface area (Å²) >= 11 is 0. The number of nitrogens with zero attached hydrogens (tertiary/aromatic N) is 1. The fraction of sp³-hybridized carbons (Fsp3) is 0.0833. The van der Waals surface area contributed by atoms with Gasteiger partial charge in [-0.15, -0.1) is 0 Å². The summed E-state index contributed by atoms with van der Waals surface area (Å²) in [5.41, 5.74) is 8.38. The number of aryl methyl sites for hydroxylation is 1. The van der Waals surface area contributed by atoms with Crippen molar-refractivity contribution in [1.29, 1.82) is 0 Å². The minimum atomic E-state index is -0.927. The molecule has 0 atom stereocenters. The molecular formula is C12H12N2O2. The predicted molar refractivity (Wildman–Crippen MR) is 62.2 cm³/mol. The van der Waals surface area contributed by atoms with E-state index in [1.54, 1.807) is 36.0 Å². The van der Waals surface area contributed by atoms with E-state index >= 15 is 0 Å². The minimum absolute atomic E-state index is 0.270. The summed E-state index contributed by atoms with van der Waals surface area (Å²) in [5, 5.41) is 8.93. The number of nitrogens with two attached hydrogens (primary N) is 1. The van der Waals surface area contributed by atoms with Crippen molar-refractivity contribution >= 4 is 11.7 Å². The van der Waals surface area contributed by atoms with Crippen molar-refractivity contribution in [3.8, 4) is 11.1 Å². The highest BCUT2D eigenvalue weighted by Gasteiger charge is 2.10. The van der Waals surface area contributed by atoms with Crippen LogP contribution in [0.1, 0.15) is 10.5 Å². The number of carboxylic acids is 1. The van der Waals surface area contributed by atoms with Crippen LogP contribution in [-0.2, 0) is 7.05 Å². The maximum Gasteiger partial charge on any atom is 0.352 e. The topological polar surface area (TPSA) is 68.2 Å². The molecule has 0 saturated carbocycles. The molecule has 0 unspecified atom stereocenters. The summed E-state index contributed by atoms with van der Waals surface area (Å²) in [4.78, 5) is 10.9. The van der Waals surface area contributed by atoms with Crippen molar-refractivity contribution in [3.05, 3.63) is 42.2 Å². The third-order valence-electron chi connectivity index (χ3n) is 2.47. The van der Waals surface area contributed by atoms with E-state index in [-0.39, 0.29) is 5.69 Å². The highest BCUT2D eigenvalue weighted by molar-refractivity contribution is 5.88. The Labute approximate surface area is 92.9 Å². The molecule has 0 fully saturated rings. The summed E-state index contributed by atoms with van der Waals surface area (Å²) < 4.78 is 1.59. The van der Waals surface area contributed by atoms with Crippen molar-refractivity contribution in [2.24, 2.45) is 7.05 Å². The Hall–Kier alpha value is -2.23. The smallest absolute Gasteiger partial charge is 0.352 e. The quantitative estimate of drug-likeness (QED) is 0.754. The molecule has 0 aliphatic carbocycles. The lowest BCUT2D eigenvalue weighted by Crippen LogP contribution is -2.02. The van der Waals surface area contributed by atoms with Gasteiger partial charge in [0.2, 0.25) is 0 Å². The molecule has 0 amide bonds. The first-order valence-electron chi connectivity index (χ1n) is 4.83. The lowest BCUT2D eigenvalue weighted by Gasteiger charge is -1.97. The van der Waals surface area contributed by atoms with Crippen LogP contribution in [0.3, 0.4) is 0 Å². The number of carbonyl (C=O) groups is 1. The van der Waals surface area contributed by atoms with Gasteiger partial charge in [0.15, 0.2) is 0 Å². The van der Waals surface area contributed by atoms with Crippen molar-refractivity contribution in [2.75, 3.05) is 5.73 Å². The predicted octanol–water partition coefficient (Wildman–Crippen LogP) is 1.97. The van der Waals surface area contributed by atoms with E-state index in [4.69, 9.17) is 10.8 Å². The Balaban J connectivity index is 2.45. The maximum atomic E-state index is 10.9. The third-order valence-corrected chi connectivity index (χ3v) is 2.47. The maximum absolute atomic E-state index is 10.9. The zero-order chi connectivity index (χ0) is 11.7. The number of hydrogen-bond donors (Lipinski definition) is 2. The van der Waals surface area contributed by atoms with E-state index < -0.39 is 5.97 Å². The van der Waals surface area contributed by atoms with Crippen LogP contribution < -0.4 is 5.73 Å². The average molecular weight is 216 g/mol. The number of aromatic nitrogens is 1. The molecule has 4 nitrogen and oxygen atoms in total. The molecule has 82 valence electrons. The zero-order valence-corrected chi connectivity index (χ0v) is 8.84. The molecule has 1 heterocycles. The first kappa shape index (κ1) is 10.3. The molecule has 0 radical (unpaired) electrons. The number of nitrogen functional groups attached to an aromatic ring is 1. The Morgan fingerprint density at radius 2 is 1.88 bits per heavy atom. The Bertz CT molecular complexity index is 526. The minimum Gasteiger partial charge on any atom is -0.477 e. The molecule has 0 spiro atoms. The Morgan fingerprint density at radius 1 is 1.25 bits per heavy atom. The lowest BCUT2D eigenvalue weighted by molar-refractivity contribution is 0.0686. The van der Waals surface area contributed by atoms with Gasteiger partial charge in [0.1, 0.15) is 5.69 Å². The van der Waals surface area contributed by atoms with Crippen LogP contribution in [0, 0.1) is 0 Å². The van der Waals surface area contributed by atoms with Gasteiger partial charge in [-0.2, -0.15) is 0 Å². The molecule has 1 aromatic heterocycles. The fourth-order valence-corrected chi connectivity index (χ4v) is 1.61. The van der Waals surface area contributed by atoms with Gasteiger partial charge in [-0.05, 0) is 23.8 Å². The highest BCUT2D eigenvalue weighted by Crippen LogP contribution is 2.22. The summed E-state index contributed by atoms with van der Waals surface area (Å²) in [6.45, 7) is 0. The van der Waals surface area contributed by atoms with E-state index in [1.165, 1.54) is 0 Å². The number of benzene rings is 1. The van der Waals surface area contributed by atoms with E-state index in [9.17, 15) is 4.79 Å². The number of rotatable bonds is 2. The van der Waals surface area contributed by atoms with Crippen molar-refractivity contribution in [3.63, 3.8) is 0 Å². The Morgan fingerprint density at radius 3 is 2.38 bits per heavy atom. The van der Waals surface area contributed by atoms with Gasteiger partial charge < -0.3 is 15.4 Å². The summed E-state index contributed by atoms with van der Waals surface area (Å²) in [6.07, 6.45) is 1.79. The van der Waals surface area contributed by atoms with Crippen LogP contribution in [0.5, 0.6) is 0 Å². The van der Waals surface area contributed by atoms with Crippen LogP contribution in [0.15, 0.2) is 36.5 Å². The van der Waals surface area contributed by atoms with E-state index in [0.29, 0.717) is 5.69 Å². The van der Waals surface area contributed by atoms with Gasteiger partial charge in [-0.1, -0.05) is 12.1 Å². The molecule has 2 rings (SSSR count). The van der Waals surface area contributed by atoms with Gasteiger partial charge in [-0.25, -0.2) is 4.79 Å². The molecule has 0 aliphatic heterocycles. The van der Waals surface area contributed by atoms with Crippen LogP contribution in [0.4, 0.5) is 5.69 Å². The highest BCUT2D eigenvalue weighted by atomic mass is 16.4. The zero-order valence-electron chi connectivity index (χ0n) is 8.84. The molecule has 4 heteroatoms. The molecule has 0 aliphatic rings. The molecule has 3 N–H and O–H groups in total. The second-order valence-electron chi connectivity index (χ2n) is 3.65. The molecule has 0 bridgehead atoms. The SMILES string of the molecule is Cn1cc(-c2ccc(N)cc2)cc1C(=O)O. The first-order chi connectivity index (χ1) is 7.58. The summed E-state index contributed by atoms with van der Waals surface area (Å²) in [5.74, 6) is -0.927. The average Bonchev–Trinajstić information content (AvgIpc) is 2.61. The van der Waals surface area contributed by atoms with Crippen molar-refractivity contribution in [1.82, 2.24) is 4.57 Å². The van der Waals surface area contributed by atoms with Crippen LogP contribution in [0.25, 0.3) is 11.1 Å². The van der Waals surface area contributed by atoms with E-state index in [1.807, 2.05) is 12.1 Å². The van der Waals surface area contributed by atoms with Crippen molar-refractivity contribution in [2.45, 2.75) is 0 Å². The molecular weight excluding hydrogens is 204 g/mol. The van der Waals surface area contributed by atoms with Gasteiger partial charge >= 0.3 is 5.97 Å². The first-order valence-corrected chi connectivity index (χ1v) is 4.83. The van der Waals surface area contributed by atoms with Crippen LogP contribution in [0.2, 0.25) is 0 Å². The van der Waals surface area contributed by atoms with E-state index in [2.05, 4.69) is 0 Å².